The van der Waals surface area contributed by atoms with Crippen LogP contribution in [0.1, 0.15) is 35.2 Å². The number of fused-ring (bicyclic) bond motifs is 4. The quantitative estimate of drug-likeness (QED) is 0.690. The molecule has 0 aromatic heterocycles. The summed E-state index contributed by atoms with van der Waals surface area (Å²) in [6.45, 7) is 9.00. The molecule has 2 bridgehead atoms. The van der Waals surface area contributed by atoms with Crippen molar-refractivity contribution in [2.24, 2.45) is 5.92 Å². The fourth-order valence-corrected chi connectivity index (χ4v) is 5.04. The Kier molecular flexibility index (Phi) is 5.66. The third-order valence-corrected chi connectivity index (χ3v) is 6.57. The molecular formula is C24H29N3O3S. The average molecular weight is 440 g/mol. The molecule has 0 radical (unpaired) electrons. The molecule has 164 valence electrons. The lowest BCUT2D eigenvalue weighted by Gasteiger charge is -2.56. The molecule has 2 heterocycles. The first kappa shape index (κ1) is 21.6. The number of carbonyl (C=O) groups excluding carboxylic acids is 1. The zero-order chi connectivity index (χ0) is 22.3. The Balaban J connectivity index is 1.76. The van der Waals surface area contributed by atoms with Gasteiger partial charge in [-0.2, -0.15) is 0 Å². The van der Waals surface area contributed by atoms with E-state index in [9.17, 15) is 4.79 Å². The molecule has 4 rings (SSSR count). The van der Waals surface area contributed by atoms with Crippen molar-refractivity contribution in [3.05, 3.63) is 58.7 Å². The van der Waals surface area contributed by atoms with Gasteiger partial charge in [0.05, 0.1) is 12.6 Å². The maximum atomic E-state index is 13.7. The molecule has 0 unspecified atom stereocenters. The van der Waals surface area contributed by atoms with Gasteiger partial charge in [0, 0.05) is 24.9 Å². The maximum absolute atomic E-state index is 13.7. The van der Waals surface area contributed by atoms with E-state index in [1.54, 1.807) is 7.11 Å². The summed E-state index contributed by atoms with van der Waals surface area (Å²) in [4.78, 5) is 15.6. The number of anilines is 1. The van der Waals surface area contributed by atoms with Crippen LogP contribution in [0.15, 0.2) is 36.4 Å². The Labute approximate surface area is 188 Å². The van der Waals surface area contributed by atoms with Crippen LogP contribution in [0.25, 0.3) is 0 Å². The van der Waals surface area contributed by atoms with Crippen molar-refractivity contribution in [3.63, 3.8) is 0 Å². The minimum atomic E-state index is -0.948. The second-order valence-electron chi connectivity index (χ2n) is 8.55. The van der Waals surface area contributed by atoms with Crippen LogP contribution in [0, 0.1) is 26.7 Å². The minimum absolute atomic E-state index is 0.107. The number of nitrogens with zero attached hydrogens (tertiary/aromatic N) is 1. The van der Waals surface area contributed by atoms with Crippen molar-refractivity contribution in [2.45, 2.75) is 39.5 Å². The molecule has 1 amide bonds. The van der Waals surface area contributed by atoms with Crippen LogP contribution in [0.3, 0.4) is 0 Å². The summed E-state index contributed by atoms with van der Waals surface area (Å²) in [5.41, 5.74) is 4.09. The lowest BCUT2D eigenvalue weighted by molar-refractivity contribution is -0.150. The molecule has 0 spiro atoms. The zero-order valence-electron chi connectivity index (χ0n) is 18.6. The number of nitrogens with one attached hydrogen (secondary N) is 2. The number of amides is 1. The summed E-state index contributed by atoms with van der Waals surface area (Å²) in [6.07, 6.45) is 0. The molecule has 31 heavy (non-hydrogen) atoms. The minimum Gasteiger partial charge on any atom is -0.467 e. The highest BCUT2D eigenvalue weighted by Gasteiger charge is 2.58. The van der Waals surface area contributed by atoms with Gasteiger partial charge < -0.3 is 25.0 Å². The van der Waals surface area contributed by atoms with E-state index < -0.39 is 11.6 Å². The van der Waals surface area contributed by atoms with Gasteiger partial charge in [-0.1, -0.05) is 35.4 Å². The number of carbonyl (C=O) groups is 1. The molecule has 0 saturated carbocycles. The number of hydrogen-bond acceptors (Lipinski definition) is 4. The Morgan fingerprint density at radius 1 is 1.23 bits per heavy atom. The molecule has 7 heteroatoms. The van der Waals surface area contributed by atoms with Crippen molar-refractivity contribution < 1.29 is 14.3 Å². The van der Waals surface area contributed by atoms with Gasteiger partial charge in [0.2, 0.25) is 5.91 Å². The van der Waals surface area contributed by atoms with E-state index in [2.05, 4.69) is 22.8 Å². The summed E-state index contributed by atoms with van der Waals surface area (Å²) in [5.74, 6) is 0.140. The second kappa shape index (κ2) is 8.13. The predicted molar refractivity (Wildman–Crippen MR) is 125 cm³/mol. The fourth-order valence-electron chi connectivity index (χ4n) is 4.64. The van der Waals surface area contributed by atoms with Crippen molar-refractivity contribution >= 4 is 28.9 Å². The molecule has 2 aliphatic rings. The molecular weight excluding hydrogens is 410 g/mol. The van der Waals surface area contributed by atoms with Crippen LogP contribution >= 0.6 is 12.2 Å². The van der Waals surface area contributed by atoms with Crippen molar-refractivity contribution in [3.8, 4) is 5.75 Å². The Morgan fingerprint density at radius 2 is 1.94 bits per heavy atom. The van der Waals surface area contributed by atoms with Gasteiger partial charge in [0.25, 0.3) is 0 Å². The monoisotopic (exact) mass is 439 g/mol. The second-order valence-corrected chi connectivity index (χ2v) is 8.94. The number of aryl methyl sites for hydroxylation is 3. The van der Waals surface area contributed by atoms with Gasteiger partial charge in [-0.05, 0) is 57.6 Å². The molecule has 0 aliphatic carbocycles. The van der Waals surface area contributed by atoms with E-state index in [0.29, 0.717) is 18.3 Å². The first-order valence-electron chi connectivity index (χ1n) is 10.5. The number of benzene rings is 2. The number of rotatable bonds is 5. The number of ether oxygens (including phenoxy) is 2. The Hall–Kier alpha value is -2.64. The molecule has 3 atom stereocenters. The lowest BCUT2D eigenvalue weighted by Crippen LogP contribution is -2.72. The van der Waals surface area contributed by atoms with Crippen molar-refractivity contribution in [1.82, 2.24) is 10.2 Å². The zero-order valence-corrected chi connectivity index (χ0v) is 19.4. The van der Waals surface area contributed by atoms with Gasteiger partial charge >= 0.3 is 0 Å². The van der Waals surface area contributed by atoms with Crippen LogP contribution in [0.2, 0.25) is 0 Å². The summed E-state index contributed by atoms with van der Waals surface area (Å²) < 4.78 is 11.8. The van der Waals surface area contributed by atoms with Crippen LogP contribution in [-0.4, -0.2) is 41.9 Å². The third-order valence-electron chi connectivity index (χ3n) is 6.23. The summed E-state index contributed by atoms with van der Waals surface area (Å²) in [7, 11) is 1.65. The van der Waals surface area contributed by atoms with Crippen molar-refractivity contribution in [1.29, 1.82) is 0 Å². The number of thiocarbonyl (C=S) groups is 1. The average Bonchev–Trinajstić information content (AvgIpc) is 2.70. The Morgan fingerprint density at radius 3 is 2.65 bits per heavy atom. The summed E-state index contributed by atoms with van der Waals surface area (Å²) in [5, 5.41) is 7.12. The topological polar surface area (TPSA) is 62.8 Å². The molecule has 6 nitrogen and oxygen atoms in total. The summed E-state index contributed by atoms with van der Waals surface area (Å²) >= 11 is 5.68. The van der Waals surface area contributed by atoms with Crippen LogP contribution < -0.4 is 15.4 Å². The molecule has 2 aromatic rings. The van der Waals surface area contributed by atoms with Crippen LogP contribution in [0.5, 0.6) is 5.75 Å². The first-order chi connectivity index (χ1) is 14.7. The van der Waals surface area contributed by atoms with E-state index >= 15 is 0 Å². The highest BCUT2D eigenvalue weighted by atomic mass is 32.1. The molecule has 2 aromatic carbocycles. The smallest absolute Gasteiger partial charge is 0.236 e. The SMILES string of the molecule is COCCN1C(=S)N[C@H]2c3cc(C)ccc3O[C@@]1(C)[C@H]2C(=O)Nc1ccc(C)cc1C. The number of methoxy groups -OCH3 is 1. The van der Waals surface area contributed by atoms with Crippen LogP contribution in [0.4, 0.5) is 5.69 Å². The van der Waals surface area contributed by atoms with E-state index in [1.807, 2.05) is 56.9 Å². The predicted octanol–water partition coefficient (Wildman–Crippen LogP) is 3.85. The van der Waals surface area contributed by atoms with E-state index in [4.69, 9.17) is 21.7 Å². The van der Waals surface area contributed by atoms with Gasteiger partial charge in [0.1, 0.15) is 11.7 Å². The van der Waals surface area contributed by atoms with Gasteiger partial charge in [-0.15, -0.1) is 0 Å². The van der Waals surface area contributed by atoms with E-state index in [0.717, 1.165) is 33.7 Å². The fraction of sp³-hybridized carbons (Fsp3) is 0.417. The first-order valence-corrected chi connectivity index (χ1v) is 10.9. The Bertz CT molecular complexity index is 1040. The van der Waals surface area contributed by atoms with Gasteiger partial charge in [-0.25, -0.2) is 0 Å². The maximum Gasteiger partial charge on any atom is 0.236 e. The summed E-state index contributed by atoms with van der Waals surface area (Å²) in [6, 6.07) is 11.8. The molecule has 2 N–H and O–H groups in total. The highest BCUT2D eigenvalue weighted by Crippen LogP contribution is 2.48. The number of hydrogen-bond donors (Lipinski definition) is 2. The van der Waals surface area contributed by atoms with E-state index in [1.165, 1.54) is 0 Å². The highest BCUT2D eigenvalue weighted by molar-refractivity contribution is 7.80. The van der Waals surface area contributed by atoms with Gasteiger partial charge in [-0.3, -0.25) is 4.79 Å². The molecule has 2 aliphatic heterocycles. The normalized spacial score (nSPS) is 24.2. The third kappa shape index (κ3) is 3.77. The molecule has 1 fully saturated rings. The lowest BCUT2D eigenvalue weighted by atomic mass is 9.78. The van der Waals surface area contributed by atoms with E-state index in [-0.39, 0.29) is 11.9 Å². The standard InChI is InChI=1S/C24H29N3O3S/c1-14-6-8-18(16(3)12-14)25-22(28)20-21-17-13-15(2)7-9-19(17)30-24(20,4)27(10-11-29-5)23(31)26-21/h6-9,12-13,20-21H,10-11H2,1-5H3,(H,25,28)(H,26,31)/t20-,21+,24+/m1/s1. The van der Waals surface area contributed by atoms with Gasteiger partial charge in [0.15, 0.2) is 10.8 Å². The largest absolute Gasteiger partial charge is 0.467 e. The van der Waals surface area contributed by atoms with Crippen molar-refractivity contribution in [2.75, 3.05) is 25.6 Å². The van der Waals surface area contributed by atoms with Crippen LogP contribution in [-0.2, 0) is 9.53 Å². The molecule has 1 saturated heterocycles.